The van der Waals surface area contributed by atoms with Crippen LogP contribution < -0.4 is 11.5 Å². The van der Waals surface area contributed by atoms with Crippen LogP contribution in [0.4, 0.5) is 0 Å². The molecule has 1 aliphatic carbocycles. The third-order valence-electron chi connectivity index (χ3n) is 3.36. The molecule has 0 bridgehead atoms. The molecule has 0 heterocycles. The second-order valence-electron chi connectivity index (χ2n) is 6.39. The third-order valence-corrected chi connectivity index (χ3v) is 3.36. The molecule has 1 fully saturated rings. The first-order valence-corrected chi connectivity index (χ1v) is 5.93. The van der Waals surface area contributed by atoms with Crippen LogP contribution in [-0.2, 0) is 4.79 Å². The van der Waals surface area contributed by atoms with Crippen molar-refractivity contribution in [1.29, 1.82) is 0 Å². The normalized spacial score (nSPS) is 31.0. The van der Waals surface area contributed by atoms with Crippen LogP contribution in [0.5, 0.6) is 0 Å². The Morgan fingerprint density at radius 3 is 2.44 bits per heavy atom. The van der Waals surface area contributed by atoms with Gasteiger partial charge >= 0.3 is 0 Å². The third kappa shape index (κ3) is 3.19. The highest BCUT2D eigenvalue weighted by Crippen LogP contribution is 2.31. The molecule has 1 amide bonds. The van der Waals surface area contributed by atoms with Gasteiger partial charge in [0.2, 0.25) is 5.91 Å². The van der Waals surface area contributed by atoms with E-state index >= 15 is 0 Å². The van der Waals surface area contributed by atoms with Gasteiger partial charge < -0.3 is 16.4 Å². The second kappa shape index (κ2) is 4.34. The molecule has 0 aliphatic heterocycles. The smallest absolute Gasteiger partial charge is 0.237 e. The number of hydrogen-bond acceptors (Lipinski definition) is 3. The Kier molecular flexibility index (Phi) is 3.65. The fourth-order valence-electron chi connectivity index (χ4n) is 2.53. The summed E-state index contributed by atoms with van der Waals surface area (Å²) in [5, 5.41) is 0. The van der Waals surface area contributed by atoms with Crippen molar-refractivity contribution in [3.05, 3.63) is 0 Å². The van der Waals surface area contributed by atoms with E-state index in [1.807, 2.05) is 0 Å². The Bertz CT molecular complexity index is 272. The van der Waals surface area contributed by atoms with Crippen LogP contribution in [0.25, 0.3) is 0 Å². The van der Waals surface area contributed by atoms with Gasteiger partial charge in [0, 0.05) is 12.6 Å². The molecule has 1 aliphatic rings. The molecule has 1 rings (SSSR count). The van der Waals surface area contributed by atoms with E-state index < -0.39 is 5.54 Å². The highest BCUT2D eigenvalue weighted by Gasteiger charge is 2.42. The van der Waals surface area contributed by atoms with Gasteiger partial charge in [-0.05, 0) is 31.7 Å². The average Bonchev–Trinajstić information content (AvgIpc) is 2.46. The Balaban J connectivity index is 2.56. The van der Waals surface area contributed by atoms with Crippen LogP contribution >= 0.6 is 0 Å². The summed E-state index contributed by atoms with van der Waals surface area (Å²) in [4.78, 5) is 13.6. The zero-order chi connectivity index (χ0) is 12.6. The van der Waals surface area contributed by atoms with Crippen molar-refractivity contribution in [2.24, 2.45) is 16.9 Å². The monoisotopic (exact) mass is 227 g/mol. The summed E-state index contributed by atoms with van der Waals surface area (Å²) in [6, 6.07) is 0.386. The molecule has 0 spiro atoms. The van der Waals surface area contributed by atoms with Gasteiger partial charge in [0.1, 0.15) is 0 Å². The summed E-state index contributed by atoms with van der Waals surface area (Å²) in [6.45, 7) is 7.64. The van der Waals surface area contributed by atoms with E-state index in [-0.39, 0.29) is 11.3 Å². The van der Waals surface area contributed by atoms with Crippen LogP contribution in [0, 0.1) is 5.41 Å². The van der Waals surface area contributed by atoms with Gasteiger partial charge in [0.25, 0.3) is 0 Å². The quantitative estimate of drug-likeness (QED) is 0.745. The molecule has 4 nitrogen and oxygen atoms in total. The summed E-state index contributed by atoms with van der Waals surface area (Å²) in [6.07, 6.45) is 2.36. The highest BCUT2D eigenvalue weighted by atomic mass is 16.1. The first-order valence-electron chi connectivity index (χ1n) is 5.93. The number of rotatable bonds is 3. The summed E-state index contributed by atoms with van der Waals surface area (Å²) in [5.74, 6) is -0.362. The zero-order valence-corrected chi connectivity index (χ0v) is 10.9. The Morgan fingerprint density at radius 1 is 1.50 bits per heavy atom. The minimum atomic E-state index is -0.781. The van der Waals surface area contributed by atoms with E-state index in [0.717, 1.165) is 13.0 Å². The van der Waals surface area contributed by atoms with Crippen molar-refractivity contribution in [2.75, 3.05) is 13.6 Å². The molecular weight excluding hydrogens is 202 g/mol. The Morgan fingerprint density at radius 2 is 2.06 bits per heavy atom. The lowest BCUT2D eigenvalue weighted by Gasteiger charge is -2.32. The fraction of sp³-hybridized carbons (Fsp3) is 0.917. The lowest BCUT2D eigenvalue weighted by Crippen LogP contribution is -2.51. The average molecular weight is 227 g/mol. The SMILES string of the molecule is CN(CC(C)(C)C)C1CCC(N)(C(N)=O)C1. The van der Waals surface area contributed by atoms with Crippen LogP contribution in [0.1, 0.15) is 40.0 Å². The van der Waals surface area contributed by atoms with E-state index in [1.165, 1.54) is 0 Å². The zero-order valence-electron chi connectivity index (χ0n) is 10.9. The maximum atomic E-state index is 11.3. The van der Waals surface area contributed by atoms with Gasteiger partial charge in [0.15, 0.2) is 0 Å². The molecule has 0 saturated heterocycles. The largest absolute Gasteiger partial charge is 0.368 e. The van der Waals surface area contributed by atoms with E-state index in [2.05, 4.69) is 32.7 Å². The number of hydrogen-bond donors (Lipinski definition) is 2. The maximum absolute atomic E-state index is 11.3. The number of amides is 1. The molecule has 94 valence electrons. The minimum Gasteiger partial charge on any atom is -0.368 e. The van der Waals surface area contributed by atoms with Crippen molar-refractivity contribution >= 4 is 5.91 Å². The molecule has 0 radical (unpaired) electrons. The van der Waals surface area contributed by atoms with Crippen molar-refractivity contribution < 1.29 is 4.79 Å². The first-order chi connectivity index (χ1) is 7.14. The second-order valence-corrected chi connectivity index (χ2v) is 6.39. The van der Waals surface area contributed by atoms with Gasteiger partial charge in [-0.2, -0.15) is 0 Å². The van der Waals surface area contributed by atoms with Crippen LogP contribution in [0.15, 0.2) is 0 Å². The van der Waals surface area contributed by atoms with Gasteiger partial charge in [0.05, 0.1) is 5.54 Å². The first kappa shape index (κ1) is 13.5. The van der Waals surface area contributed by atoms with Crippen LogP contribution in [-0.4, -0.2) is 36.0 Å². The predicted molar refractivity (Wildman–Crippen MR) is 65.8 cm³/mol. The molecule has 0 aromatic rings. The van der Waals surface area contributed by atoms with Gasteiger partial charge in [-0.1, -0.05) is 20.8 Å². The minimum absolute atomic E-state index is 0.265. The van der Waals surface area contributed by atoms with Crippen LogP contribution in [0.2, 0.25) is 0 Å². The topological polar surface area (TPSA) is 72.3 Å². The van der Waals surface area contributed by atoms with Crippen molar-refractivity contribution in [3.63, 3.8) is 0 Å². The van der Waals surface area contributed by atoms with Crippen molar-refractivity contribution in [2.45, 2.75) is 51.6 Å². The summed E-state index contributed by atoms with van der Waals surface area (Å²) >= 11 is 0. The number of nitrogens with two attached hydrogens (primary N) is 2. The van der Waals surface area contributed by atoms with Gasteiger partial charge in [-0.15, -0.1) is 0 Å². The fourth-order valence-corrected chi connectivity index (χ4v) is 2.53. The summed E-state index contributed by atoms with van der Waals surface area (Å²) < 4.78 is 0. The standard InChI is InChI=1S/C12H25N3O/c1-11(2,3)8-15(4)9-5-6-12(14,7-9)10(13)16/h9H,5-8,14H2,1-4H3,(H2,13,16). The molecular formula is C12H25N3O. The predicted octanol–water partition coefficient (Wildman–Crippen LogP) is 0.700. The lowest BCUT2D eigenvalue weighted by molar-refractivity contribution is -0.123. The van der Waals surface area contributed by atoms with Crippen LogP contribution in [0.3, 0.4) is 0 Å². The van der Waals surface area contributed by atoms with E-state index in [4.69, 9.17) is 11.5 Å². The van der Waals surface area contributed by atoms with Gasteiger partial charge in [-0.3, -0.25) is 4.79 Å². The number of carbonyl (C=O) groups excluding carboxylic acids is 1. The molecule has 4 heteroatoms. The lowest BCUT2D eigenvalue weighted by atomic mass is 9.94. The van der Waals surface area contributed by atoms with Crippen molar-refractivity contribution in [1.82, 2.24) is 4.90 Å². The highest BCUT2D eigenvalue weighted by molar-refractivity contribution is 5.84. The van der Waals surface area contributed by atoms with Crippen molar-refractivity contribution in [3.8, 4) is 0 Å². The molecule has 0 aromatic heterocycles. The Hall–Kier alpha value is -0.610. The Labute approximate surface area is 98.3 Å². The molecule has 0 aromatic carbocycles. The van der Waals surface area contributed by atoms with E-state index in [0.29, 0.717) is 18.9 Å². The summed E-state index contributed by atoms with van der Waals surface area (Å²) in [5.41, 5.74) is 10.8. The maximum Gasteiger partial charge on any atom is 0.237 e. The number of nitrogens with zero attached hydrogens (tertiary/aromatic N) is 1. The molecule has 2 atom stereocenters. The molecule has 4 N–H and O–H groups in total. The van der Waals surface area contributed by atoms with E-state index in [1.54, 1.807) is 0 Å². The van der Waals surface area contributed by atoms with E-state index in [9.17, 15) is 4.79 Å². The summed E-state index contributed by atoms with van der Waals surface area (Å²) in [7, 11) is 2.10. The molecule has 16 heavy (non-hydrogen) atoms. The molecule has 2 unspecified atom stereocenters. The number of carbonyl (C=O) groups is 1. The molecule has 1 saturated carbocycles. The van der Waals surface area contributed by atoms with Gasteiger partial charge in [-0.25, -0.2) is 0 Å². The number of primary amides is 1.